The van der Waals surface area contributed by atoms with Gasteiger partial charge in [0.1, 0.15) is 5.75 Å². The van der Waals surface area contributed by atoms with Crippen molar-refractivity contribution in [2.24, 2.45) is 5.73 Å². The smallest absolute Gasteiger partial charge is 0.118 e. The molecule has 0 saturated heterocycles. The molecular formula is C9H15NO. The molecule has 0 radical (unpaired) electrons. The van der Waals surface area contributed by atoms with Crippen LogP contribution >= 0.6 is 0 Å². The van der Waals surface area contributed by atoms with Crippen LogP contribution in [-0.4, -0.2) is 11.7 Å². The van der Waals surface area contributed by atoms with Crippen molar-refractivity contribution in [3.8, 4) is 5.75 Å². The van der Waals surface area contributed by atoms with Crippen LogP contribution in [0.5, 0.6) is 5.75 Å². The van der Waals surface area contributed by atoms with Crippen LogP contribution in [0.2, 0.25) is 0 Å². The van der Waals surface area contributed by atoms with Gasteiger partial charge in [-0.2, -0.15) is 0 Å². The van der Waals surface area contributed by atoms with E-state index in [1.807, 2.05) is 32.0 Å². The maximum atomic E-state index is 8.92. The molecule has 0 bridgehead atoms. The second-order valence-corrected chi connectivity index (χ2v) is 2.19. The summed E-state index contributed by atoms with van der Waals surface area (Å²) in [5.74, 6) is 0.368. The summed E-state index contributed by atoms with van der Waals surface area (Å²) >= 11 is 0. The van der Waals surface area contributed by atoms with E-state index >= 15 is 0 Å². The van der Waals surface area contributed by atoms with Crippen molar-refractivity contribution in [3.63, 3.8) is 0 Å². The minimum Gasteiger partial charge on any atom is -0.508 e. The van der Waals surface area contributed by atoms with Gasteiger partial charge < -0.3 is 10.8 Å². The minimum absolute atomic E-state index is 0.368. The molecule has 0 aliphatic rings. The third-order valence-electron chi connectivity index (χ3n) is 1.12. The fraction of sp³-hybridized carbons (Fsp3) is 0.333. The highest BCUT2D eigenvalue weighted by atomic mass is 16.3. The summed E-state index contributed by atoms with van der Waals surface area (Å²) in [4.78, 5) is 0. The van der Waals surface area contributed by atoms with Gasteiger partial charge in [-0.25, -0.2) is 0 Å². The van der Waals surface area contributed by atoms with Crippen LogP contribution in [0, 0.1) is 6.92 Å². The van der Waals surface area contributed by atoms with Crippen molar-refractivity contribution in [1.82, 2.24) is 0 Å². The second-order valence-electron chi connectivity index (χ2n) is 2.19. The van der Waals surface area contributed by atoms with Crippen LogP contribution in [0.4, 0.5) is 0 Å². The van der Waals surface area contributed by atoms with E-state index in [4.69, 9.17) is 10.8 Å². The molecule has 2 heteroatoms. The zero-order valence-electron chi connectivity index (χ0n) is 7.04. The van der Waals surface area contributed by atoms with Gasteiger partial charge in [0.2, 0.25) is 0 Å². The number of para-hydroxylation sites is 1. The lowest BCUT2D eigenvalue weighted by atomic mass is 10.2. The van der Waals surface area contributed by atoms with Gasteiger partial charge in [-0.05, 0) is 25.1 Å². The first kappa shape index (κ1) is 9.98. The quantitative estimate of drug-likeness (QED) is 0.595. The van der Waals surface area contributed by atoms with Crippen LogP contribution in [0.25, 0.3) is 0 Å². The number of benzene rings is 1. The molecule has 62 valence electrons. The van der Waals surface area contributed by atoms with Gasteiger partial charge in [-0.3, -0.25) is 0 Å². The monoisotopic (exact) mass is 153 g/mol. The summed E-state index contributed by atoms with van der Waals surface area (Å²) in [5.41, 5.74) is 5.77. The highest BCUT2D eigenvalue weighted by molar-refractivity contribution is 5.29. The van der Waals surface area contributed by atoms with Gasteiger partial charge in [0.15, 0.2) is 0 Å². The molecule has 0 spiro atoms. The van der Waals surface area contributed by atoms with E-state index in [0.717, 1.165) is 12.1 Å². The Hall–Kier alpha value is -1.02. The van der Waals surface area contributed by atoms with Gasteiger partial charge in [0, 0.05) is 0 Å². The molecule has 1 aromatic carbocycles. The normalized spacial score (nSPS) is 8.27. The van der Waals surface area contributed by atoms with Crippen LogP contribution in [-0.2, 0) is 0 Å². The summed E-state index contributed by atoms with van der Waals surface area (Å²) < 4.78 is 0. The Labute approximate surface area is 67.7 Å². The highest BCUT2D eigenvalue weighted by Gasteiger charge is 1.86. The lowest BCUT2D eigenvalue weighted by Gasteiger charge is -1.92. The molecular weight excluding hydrogens is 138 g/mol. The van der Waals surface area contributed by atoms with E-state index in [9.17, 15) is 0 Å². The van der Waals surface area contributed by atoms with E-state index in [1.54, 1.807) is 6.07 Å². The predicted molar refractivity (Wildman–Crippen MR) is 47.6 cm³/mol. The Bertz CT molecular complexity index is 178. The molecule has 0 aromatic heterocycles. The van der Waals surface area contributed by atoms with Gasteiger partial charge in [-0.1, -0.05) is 25.1 Å². The number of rotatable bonds is 0. The molecule has 0 aliphatic heterocycles. The summed E-state index contributed by atoms with van der Waals surface area (Å²) in [6, 6.07) is 7.25. The number of aryl methyl sites for hydroxylation is 1. The van der Waals surface area contributed by atoms with Crippen LogP contribution in [0.1, 0.15) is 12.5 Å². The Morgan fingerprint density at radius 3 is 2.09 bits per heavy atom. The largest absolute Gasteiger partial charge is 0.508 e. The van der Waals surface area contributed by atoms with Crippen molar-refractivity contribution in [2.45, 2.75) is 13.8 Å². The first-order chi connectivity index (χ1) is 5.22. The number of aromatic hydroxyl groups is 1. The molecule has 0 amide bonds. The lowest BCUT2D eigenvalue weighted by molar-refractivity contribution is 0.471. The molecule has 0 saturated carbocycles. The molecule has 0 aliphatic carbocycles. The zero-order valence-corrected chi connectivity index (χ0v) is 7.04. The number of hydrogen-bond donors (Lipinski definition) is 2. The average molecular weight is 153 g/mol. The number of phenols is 1. The van der Waals surface area contributed by atoms with E-state index in [-0.39, 0.29) is 0 Å². The van der Waals surface area contributed by atoms with E-state index in [1.165, 1.54) is 0 Å². The number of nitrogens with two attached hydrogens (primary N) is 1. The third kappa shape index (κ3) is 4.39. The van der Waals surface area contributed by atoms with Gasteiger partial charge in [0.25, 0.3) is 0 Å². The SMILES string of the molecule is CCN.Cc1ccccc1O. The van der Waals surface area contributed by atoms with Crippen molar-refractivity contribution in [3.05, 3.63) is 29.8 Å². The third-order valence-corrected chi connectivity index (χ3v) is 1.12. The van der Waals surface area contributed by atoms with E-state index < -0.39 is 0 Å². The van der Waals surface area contributed by atoms with Crippen molar-refractivity contribution in [1.29, 1.82) is 0 Å². The standard InChI is InChI=1S/C7H8O.C2H7N/c1-6-4-2-3-5-7(6)8;1-2-3/h2-5,8H,1H3;2-3H2,1H3. The average Bonchev–Trinajstić information content (AvgIpc) is 1.97. The molecule has 1 aromatic rings. The number of hydrogen-bond acceptors (Lipinski definition) is 2. The first-order valence-corrected chi connectivity index (χ1v) is 3.67. The fourth-order valence-corrected chi connectivity index (χ4v) is 0.563. The summed E-state index contributed by atoms with van der Waals surface area (Å²) in [6.07, 6.45) is 0. The van der Waals surface area contributed by atoms with E-state index in [2.05, 4.69) is 0 Å². The predicted octanol–water partition coefficient (Wildman–Crippen LogP) is 1.67. The van der Waals surface area contributed by atoms with Gasteiger partial charge in [-0.15, -0.1) is 0 Å². The zero-order chi connectivity index (χ0) is 8.69. The first-order valence-electron chi connectivity index (χ1n) is 3.67. The fourth-order valence-electron chi connectivity index (χ4n) is 0.563. The topological polar surface area (TPSA) is 46.2 Å². The highest BCUT2D eigenvalue weighted by Crippen LogP contribution is 2.12. The van der Waals surface area contributed by atoms with Crippen LogP contribution in [0.15, 0.2) is 24.3 Å². The van der Waals surface area contributed by atoms with E-state index in [0.29, 0.717) is 5.75 Å². The van der Waals surface area contributed by atoms with Gasteiger partial charge >= 0.3 is 0 Å². The summed E-state index contributed by atoms with van der Waals surface area (Å²) in [5, 5.41) is 8.92. The Morgan fingerprint density at radius 1 is 1.36 bits per heavy atom. The second kappa shape index (κ2) is 5.74. The summed E-state index contributed by atoms with van der Waals surface area (Å²) in [7, 11) is 0. The molecule has 0 heterocycles. The maximum absolute atomic E-state index is 8.92. The Kier molecular flexibility index (Phi) is 5.21. The molecule has 0 unspecified atom stereocenters. The molecule has 0 atom stereocenters. The van der Waals surface area contributed by atoms with Crippen molar-refractivity contribution in [2.75, 3.05) is 6.54 Å². The van der Waals surface area contributed by atoms with Crippen molar-refractivity contribution < 1.29 is 5.11 Å². The Morgan fingerprint density at radius 2 is 1.82 bits per heavy atom. The molecule has 3 N–H and O–H groups in total. The Balaban J connectivity index is 0.000000292. The summed E-state index contributed by atoms with van der Waals surface area (Å²) in [6.45, 7) is 4.52. The minimum atomic E-state index is 0.368. The molecule has 1 rings (SSSR count). The molecule has 2 nitrogen and oxygen atoms in total. The van der Waals surface area contributed by atoms with Crippen LogP contribution < -0.4 is 5.73 Å². The van der Waals surface area contributed by atoms with Crippen molar-refractivity contribution >= 4 is 0 Å². The maximum Gasteiger partial charge on any atom is 0.118 e. The molecule has 11 heavy (non-hydrogen) atoms. The number of phenolic OH excluding ortho intramolecular Hbond substituents is 1. The van der Waals surface area contributed by atoms with Gasteiger partial charge in [0.05, 0.1) is 0 Å². The van der Waals surface area contributed by atoms with Crippen LogP contribution in [0.3, 0.4) is 0 Å². The lowest BCUT2D eigenvalue weighted by Crippen LogP contribution is -1.87. The molecule has 0 fully saturated rings.